The molecule has 1 aromatic carbocycles. The number of thioether (sulfide) groups is 1. The Morgan fingerprint density at radius 2 is 1.84 bits per heavy atom. The molecule has 3 N–H and O–H groups in total. The SMILES string of the molecule is CC[C@H](C)[C@@H](CO)NC(=O)[C@@H](NC(=O)[C@H]1N2C(=O)c3ccccc3[C@H]2SC1(C)C)C(C)C. The first-order valence-corrected chi connectivity index (χ1v) is 12.2. The van der Waals surface area contributed by atoms with E-state index in [1.54, 1.807) is 22.7 Å². The minimum atomic E-state index is -0.763. The zero-order valence-electron chi connectivity index (χ0n) is 19.7. The summed E-state index contributed by atoms with van der Waals surface area (Å²) in [6, 6.07) is 5.64. The summed E-state index contributed by atoms with van der Waals surface area (Å²) in [5.41, 5.74) is 1.57. The molecule has 0 aliphatic carbocycles. The highest BCUT2D eigenvalue weighted by Gasteiger charge is 2.57. The standard InChI is InChI=1S/C24H35N3O4S/c1-7-14(4)17(12-28)25-20(29)18(13(2)3)26-21(30)19-24(5,6)32-23-16-11-9-8-10-15(16)22(31)27(19)23/h8-11,13-14,17-19,23,28H,7,12H2,1-6H3,(H,25,29)(H,26,30)/t14-,17+,18-,19+,23+/m0/s1. The molecule has 32 heavy (non-hydrogen) atoms. The largest absolute Gasteiger partial charge is 0.394 e. The van der Waals surface area contributed by atoms with Gasteiger partial charge in [-0.15, -0.1) is 11.8 Å². The second-order valence-corrected chi connectivity index (χ2v) is 11.4. The van der Waals surface area contributed by atoms with E-state index in [0.717, 1.165) is 12.0 Å². The highest BCUT2D eigenvalue weighted by Crippen LogP contribution is 2.56. The zero-order valence-corrected chi connectivity index (χ0v) is 20.5. The molecule has 0 aromatic heterocycles. The van der Waals surface area contributed by atoms with E-state index in [0.29, 0.717) is 5.56 Å². The van der Waals surface area contributed by atoms with Crippen LogP contribution in [-0.4, -0.2) is 57.2 Å². The molecule has 3 amide bonds. The Kier molecular flexibility index (Phi) is 7.25. The predicted molar refractivity (Wildman–Crippen MR) is 126 cm³/mol. The zero-order chi connectivity index (χ0) is 23.8. The maximum atomic E-state index is 13.5. The van der Waals surface area contributed by atoms with Gasteiger partial charge in [0.1, 0.15) is 17.5 Å². The maximum Gasteiger partial charge on any atom is 0.256 e. The summed E-state index contributed by atoms with van der Waals surface area (Å²) in [6.07, 6.45) is 0.816. The van der Waals surface area contributed by atoms with E-state index >= 15 is 0 Å². The molecule has 2 aliphatic heterocycles. The van der Waals surface area contributed by atoms with Crippen molar-refractivity contribution >= 4 is 29.5 Å². The Labute approximate surface area is 194 Å². The molecule has 0 saturated carbocycles. The molecule has 0 unspecified atom stereocenters. The number of aliphatic hydroxyl groups excluding tert-OH is 1. The number of fused-ring (bicyclic) bond motifs is 3. The first kappa shape index (κ1) is 24.6. The first-order valence-electron chi connectivity index (χ1n) is 11.3. The van der Waals surface area contributed by atoms with Crippen LogP contribution in [0.25, 0.3) is 0 Å². The summed E-state index contributed by atoms with van der Waals surface area (Å²) in [4.78, 5) is 41.4. The third-order valence-corrected chi connectivity index (χ3v) is 8.18. The van der Waals surface area contributed by atoms with Gasteiger partial charge in [0.25, 0.3) is 5.91 Å². The minimum Gasteiger partial charge on any atom is -0.394 e. The number of benzene rings is 1. The Balaban J connectivity index is 1.81. The average Bonchev–Trinajstić information content (AvgIpc) is 3.18. The molecule has 7 nitrogen and oxygen atoms in total. The van der Waals surface area contributed by atoms with Crippen LogP contribution in [0, 0.1) is 11.8 Å². The van der Waals surface area contributed by atoms with Crippen molar-refractivity contribution in [3.63, 3.8) is 0 Å². The highest BCUT2D eigenvalue weighted by atomic mass is 32.2. The van der Waals surface area contributed by atoms with Crippen LogP contribution in [0.3, 0.4) is 0 Å². The van der Waals surface area contributed by atoms with Crippen molar-refractivity contribution < 1.29 is 19.5 Å². The molecule has 0 spiro atoms. The topological polar surface area (TPSA) is 98.7 Å². The number of hydrogen-bond donors (Lipinski definition) is 3. The smallest absolute Gasteiger partial charge is 0.256 e. The fraction of sp³-hybridized carbons (Fsp3) is 0.625. The van der Waals surface area contributed by atoms with Crippen molar-refractivity contribution in [2.45, 2.75) is 76.2 Å². The second kappa shape index (κ2) is 9.43. The lowest BCUT2D eigenvalue weighted by Crippen LogP contribution is -2.59. The van der Waals surface area contributed by atoms with Crippen molar-refractivity contribution in [1.82, 2.24) is 15.5 Å². The van der Waals surface area contributed by atoms with Gasteiger partial charge in [-0.2, -0.15) is 0 Å². The van der Waals surface area contributed by atoms with Crippen molar-refractivity contribution in [2.75, 3.05) is 6.61 Å². The van der Waals surface area contributed by atoms with Crippen molar-refractivity contribution in [3.8, 4) is 0 Å². The number of carbonyl (C=O) groups excluding carboxylic acids is 3. The van der Waals surface area contributed by atoms with E-state index in [4.69, 9.17) is 0 Å². The molecule has 1 fully saturated rings. The van der Waals surface area contributed by atoms with Gasteiger partial charge in [0.2, 0.25) is 11.8 Å². The predicted octanol–water partition coefficient (Wildman–Crippen LogP) is 2.70. The number of nitrogens with zero attached hydrogens (tertiary/aromatic N) is 1. The second-order valence-electron chi connectivity index (χ2n) is 9.69. The van der Waals surface area contributed by atoms with Crippen LogP contribution >= 0.6 is 11.8 Å². The quantitative estimate of drug-likeness (QED) is 0.553. The summed E-state index contributed by atoms with van der Waals surface area (Å²) in [5.74, 6) is -0.840. The summed E-state index contributed by atoms with van der Waals surface area (Å²) in [6.45, 7) is 11.5. The van der Waals surface area contributed by atoms with E-state index in [1.165, 1.54) is 0 Å². The number of aliphatic hydroxyl groups is 1. The molecule has 1 saturated heterocycles. The van der Waals surface area contributed by atoms with E-state index < -0.39 is 16.8 Å². The molecule has 2 aliphatic rings. The molecular formula is C24H35N3O4S. The van der Waals surface area contributed by atoms with Crippen LogP contribution in [0.15, 0.2) is 24.3 Å². The van der Waals surface area contributed by atoms with Gasteiger partial charge < -0.3 is 20.6 Å². The van der Waals surface area contributed by atoms with E-state index in [1.807, 2.05) is 59.7 Å². The lowest BCUT2D eigenvalue weighted by atomic mass is 9.96. The van der Waals surface area contributed by atoms with Gasteiger partial charge in [-0.1, -0.05) is 52.3 Å². The minimum absolute atomic E-state index is 0.110. The summed E-state index contributed by atoms with van der Waals surface area (Å²) >= 11 is 1.60. The van der Waals surface area contributed by atoms with Gasteiger partial charge in [0, 0.05) is 10.3 Å². The van der Waals surface area contributed by atoms with Crippen molar-refractivity contribution in [2.24, 2.45) is 11.8 Å². The van der Waals surface area contributed by atoms with Gasteiger partial charge in [0.15, 0.2) is 0 Å². The van der Waals surface area contributed by atoms with E-state index in [-0.39, 0.29) is 47.6 Å². The number of amides is 3. The van der Waals surface area contributed by atoms with Crippen LogP contribution in [0.1, 0.15) is 69.3 Å². The Morgan fingerprint density at radius 3 is 2.44 bits per heavy atom. The third kappa shape index (κ3) is 4.39. The Morgan fingerprint density at radius 1 is 1.19 bits per heavy atom. The van der Waals surface area contributed by atoms with Gasteiger partial charge in [-0.3, -0.25) is 14.4 Å². The average molecular weight is 462 g/mol. The van der Waals surface area contributed by atoms with Gasteiger partial charge >= 0.3 is 0 Å². The molecular weight excluding hydrogens is 426 g/mol. The molecule has 3 rings (SSSR count). The lowest BCUT2D eigenvalue weighted by Gasteiger charge is -2.32. The molecule has 5 atom stereocenters. The van der Waals surface area contributed by atoms with Crippen molar-refractivity contribution in [1.29, 1.82) is 0 Å². The lowest BCUT2D eigenvalue weighted by molar-refractivity contribution is -0.133. The fourth-order valence-corrected chi connectivity index (χ4v) is 6.09. The van der Waals surface area contributed by atoms with Crippen LogP contribution < -0.4 is 10.6 Å². The number of carbonyl (C=O) groups is 3. The monoisotopic (exact) mass is 461 g/mol. The first-order chi connectivity index (χ1) is 15.0. The Hall–Kier alpha value is -2.06. The third-order valence-electron chi connectivity index (χ3n) is 6.65. The van der Waals surface area contributed by atoms with E-state index in [9.17, 15) is 19.5 Å². The molecule has 8 heteroatoms. The molecule has 2 heterocycles. The highest BCUT2D eigenvalue weighted by molar-refractivity contribution is 8.01. The Bertz CT molecular complexity index is 888. The molecule has 1 aromatic rings. The van der Waals surface area contributed by atoms with Crippen LogP contribution in [0.2, 0.25) is 0 Å². The number of hydrogen-bond acceptors (Lipinski definition) is 5. The van der Waals surface area contributed by atoms with Crippen LogP contribution in [0.5, 0.6) is 0 Å². The van der Waals surface area contributed by atoms with Gasteiger partial charge in [-0.05, 0) is 37.3 Å². The maximum absolute atomic E-state index is 13.5. The molecule has 0 bridgehead atoms. The van der Waals surface area contributed by atoms with Gasteiger partial charge in [-0.25, -0.2) is 0 Å². The molecule has 176 valence electrons. The number of rotatable bonds is 8. The number of nitrogens with one attached hydrogen (secondary N) is 2. The summed E-state index contributed by atoms with van der Waals surface area (Å²) < 4.78 is -0.514. The normalized spacial score (nSPS) is 24.0. The van der Waals surface area contributed by atoms with Crippen LogP contribution in [0.4, 0.5) is 0 Å². The van der Waals surface area contributed by atoms with Crippen molar-refractivity contribution in [3.05, 3.63) is 35.4 Å². The summed E-state index contributed by atoms with van der Waals surface area (Å²) in [5, 5.41) is 15.3. The van der Waals surface area contributed by atoms with Gasteiger partial charge in [0.05, 0.1) is 12.6 Å². The summed E-state index contributed by atoms with van der Waals surface area (Å²) in [7, 11) is 0. The molecule has 0 radical (unpaired) electrons. The fourth-order valence-electron chi connectivity index (χ4n) is 4.50. The van der Waals surface area contributed by atoms with Crippen LogP contribution in [-0.2, 0) is 9.59 Å². The van der Waals surface area contributed by atoms with E-state index in [2.05, 4.69) is 10.6 Å².